The molecule has 1 amide bonds. The van der Waals surface area contributed by atoms with Crippen molar-refractivity contribution in [2.75, 3.05) is 11.5 Å². The first-order valence-corrected chi connectivity index (χ1v) is 7.80. The van der Waals surface area contributed by atoms with E-state index in [2.05, 4.69) is 0 Å². The van der Waals surface area contributed by atoms with E-state index in [1.807, 2.05) is 31.2 Å². The number of ketones is 1. The highest BCUT2D eigenvalue weighted by Crippen LogP contribution is 2.32. The van der Waals surface area contributed by atoms with Gasteiger partial charge in [0.1, 0.15) is 11.6 Å². The number of benzene rings is 2. The molecule has 1 unspecified atom stereocenters. The van der Waals surface area contributed by atoms with Gasteiger partial charge in [-0.2, -0.15) is 0 Å². The first-order valence-electron chi connectivity index (χ1n) is 7.80. The topological polar surface area (TPSA) is 46.6 Å². The smallest absolute Gasteiger partial charge is 0.265 e. The van der Waals surface area contributed by atoms with Crippen molar-refractivity contribution in [3.05, 3.63) is 59.4 Å². The van der Waals surface area contributed by atoms with Crippen LogP contribution < -0.4 is 9.64 Å². The third kappa shape index (κ3) is 3.02. The molecule has 0 aliphatic carbocycles. The summed E-state index contributed by atoms with van der Waals surface area (Å²) in [6.07, 6.45) is 0.803. The minimum atomic E-state index is -0.513. The molecule has 24 heavy (non-hydrogen) atoms. The summed E-state index contributed by atoms with van der Waals surface area (Å²) in [5.74, 6) is -0.790. The van der Waals surface area contributed by atoms with Crippen LogP contribution in [0.2, 0.25) is 0 Å². The highest BCUT2D eigenvalue weighted by atomic mass is 19.1. The van der Waals surface area contributed by atoms with Gasteiger partial charge in [-0.15, -0.1) is 0 Å². The Bertz CT molecular complexity index is 803. The predicted molar refractivity (Wildman–Crippen MR) is 89.0 cm³/mol. The second-order valence-electron chi connectivity index (χ2n) is 5.93. The zero-order valence-corrected chi connectivity index (χ0v) is 13.6. The Labute approximate surface area is 139 Å². The summed E-state index contributed by atoms with van der Waals surface area (Å²) >= 11 is 0. The highest BCUT2D eigenvalue weighted by molar-refractivity contribution is 5.98. The number of halogens is 1. The van der Waals surface area contributed by atoms with Crippen molar-refractivity contribution in [3.8, 4) is 5.75 Å². The number of fused-ring (bicyclic) bond motifs is 1. The first kappa shape index (κ1) is 16.2. The van der Waals surface area contributed by atoms with E-state index < -0.39 is 5.82 Å². The lowest BCUT2D eigenvalue weighted by atomic mass is 10.1. The third-order valence-corrected chi connectivity index (χ3v) is 4.15. The zero-order valence-electron chi connectivity index (χ0n) is 13.6. The molecular formula is C19H18FNO3. The van der Waals surface area contributed by atoms with Crippen LogP contribution in [-0.2, 0) is 11.2 Å². The lowest BCUT2D eigenvalue weighted by molar-refractivity contribution is -0.120. The van der Waals surface area contributed by atoms with Crippen LogP contribution in [0.3, 0.4) is 0 Å². The molecule has 0 bridgehead atoms. The summed E-state index contributed by atoms with van der Waals surface area (Å²) in [5, 5.41) is 0. The Morgan fingerprint density at radius 2 is 2.00 bits per heavy atom. The van der Waals surface area contributed by atoms with Gasteiger partial charge in [-0.25, -0.2) is 4.39 Å². The molecule has 1 heterocycles. The molecule has 5 heteroatoms. The molecule has 0 saturated carbocycles. The molecule has 0 fully saturated rings. The van der Waals surface area contributed by atoms with Gasteiger partial charge in [-0.05, 0) is 50.1 Å². The van der Waals surface area contributed by atoms with E-state index in [-0.39, 0.29) is 35.7 Å². The van der Waals surface area contributed by atoms with Gasteiger partial charge in [-0.1, -0.05) is 18.2 Å². The molecule has 2 aromatic carbocycles. The summed E-state index contributed by atoms with van der Waals surface area (Å²) in [5.41, 5.74) is 2.16. The van der Waals surface area contributed by atoms with Crippen molar-refractivity contribution in [1.82, 2.24) is 0 Å². The molecule has 0 radical (unpaired) electrons. The van der Waals surface area contributed by atoms with Gasteiger partial charge >= 0.3 is 0 Å². The molecule has 4 nitrogen and oxygen atoms in total. The van der Waals surface area contributed by atoms with Crippen LogP contribution in [-0.4, -0.2) is 24.3 Å². The molecular weight excluding hydrogens is 309 g/mol. The van der Waals surface area contributed by atoms with Crippen molar-refractivity contribution >= 4 is 17.4 Å². The van der Waals surface area contributed by atoms with E-state index in [1.165, 1.54) is 19.1 Å². The van der Waals surface area contributed by atoms with E-state index in [4.69, 9.17) is 4.74 Å². The average molecular weight is 327 g/mol. The summed E-state index contributed by atoms with van der Waals surface area (Å²) in [6, 6.07) is 11.5. The van der Waals surface area contributed by atoms with Gasteiger partial charge < -0.3 is 9.64 Å². The number of hydrogen-bond donors (Lipinski definition) is 0. The molecule has 2 aromatic rings. The molecule has 124 valence electrons. The number of carbonyl (C=O) groups excluding carboxylic acids is 2. The predicted octanol–water partition coefficient (Wildman–Crippen LogP) is 3.38. The summed E-state index contributed by atoms with van der Waals surface area (Å²) in [7, 11) is 0. The SMILES string of the molecule is CC(=O)c1cc(F)ccc1OCC(=O)N1c2ccccc2CC1C. The van der Waals surface area contributed by atoms with Crippen molar-refractivity contribution in [2.24, 2.45) is 0 Å². The van der Waals surface area contributed by atoms with E-state index >= 15 is 0 Å². The van der Waals surface area contributed by atoms with Crippen LogP contribution in [0.5, 0.6) is 5.75 Å². The van der Waals surface area contributed by atoms with Crippen LogP contribution in [0.1, 0.15) is 29.8 Å². The lowest BCUT2D eigenvalue weighted by Crippen LogP contribution is -2.39. The number of amides is 1. The minimum Gasteiger partial charge on any atom is -0.483 e. The maximum Gasteiger partial charge on any atom is 0.265 e. The fourth-order valence-corrected chi connectivity index (χ4v) is 3.06. The number of Topliss-reactive ketones (excluding diaryl/α,β-unsaturated/α-hetero) is 1. The summed E-state index contributed by atoms with van der Waals surface area (Å²) < 4.78 is 18.8. The van der Waals surface area contributed by atoms with Gasteiger partial charge in [-0.3, -0.25) is 9.59 Å². The molecule has 1 aliphatic heterocycles. The number of nitrogens with zero attached hydrogens (tertiary/aromatic N) is 1. The van der Waals surface area contributed by atoms with Crippen LogP contribution >= 0.6 is 0 Å². The highest BCUT2D eigenvalue weighted by Gasteiger charge is 2.30. The second kappa shape index (κ2) is 6.43. The molecule has 0 saturated heterocycles. The number of para-hydroxylation sites is 1. The molecule has 1 aliphatic rings. The van der Waals surface area contributed by atoms with Crippen molar-refractivity contribution in [2.45, 2.75) is 26.3 Å². The van der Waals surface area contributed by atoms with E-state index in [1.54, 1.807) is 4.90 Å². The number of hydrogen-bond acceptors (Lipinski definition) is 3. The van der Waals surface area contributed by atoms with Gasteiger partial charge in [0, 0.05) is 11.7 Å². The number of rotatable bonds is 4. The van der Waals surface area contributed by atoms with Gasteiger partial charge in [0.25, 0.3) is 5.91 Å². The molecule has 0 N–H and O–H groups in total. The van der Waals surface area contributed by atoms with E-state index in [0.29, 0.717) is 0 Å². The second-order valence-corrected chi connectivity index (χ2v) is 5.93. The maximum absolute atomic E-state index is 13.3. The minimum absolute atomic E-state index is 0.0546. The Morgan fingerprint density at radius 1 is 1.25 bits per heavy atom. The molecule has 0 aromatic heterocycles. The van der Waals surface area contributed by atoms with Crippen molar-refractivity contribution < 1.29 is 18.7 Å². The quantitative estimate of drug-likeness (QED) is 0.809. The van der Waals surface area contributed by atoms with Gasteiger partial charge in [0.15, 0.2) is 12.4 Å². The molecule has 3 rings (SSSR count). The van der Waals surface area contributed by atoms with Crippen LogP contribution in [0.15, 0.2) is 42.5 Å². The Morgan fingerprint density at radius 3 is 2.75 bits per heavy atom. The van der Waals surface area contributed by atoms with Gasteiger partial charge in [0.05, 0.1) is 5.56 Å². The third-order valence-electron chi connectivity index (χ3n) is 4.15. The largest absolute Gasteiger partial charge is 0.483 e. The standard InChI is InChI=1S/C19H18FNO3/c1-12-9-14-5-3-4-6-17(14)21(12)19(23)11-24-18-8-7-15(20)10-16(18)13(2)22/h3-8,10,12H,9,11H2,1-2H3. The van der Waals surface area contributed by atoms with Crippen LogP contribution in [0.4, 0.5) is 10.1 Å². The van der Waals surface area contributed by atoms with Crippen molar-refractivity contribution in [3.63, 3.8) is 0 Å². The van der Waals surface area contributed by atoms with Crippen molar-refractivity contribution in [1.29, 1.82) is 0 Å². The van der Waals surface area contributed by atoms with Crippen LogP contribution in [0, 0.1) is 5.82 Å². The molecule has 0 spiro atoms. The van der Waals surface area contributed by atoms with E-state index in [0.717, 1.165) is 23.7 Å². The van der Waals surface area contributed by atoms with E-state index in [9.17, 15) is 14.0 Å². The monoisotopic (exact) mass is 327 g/mol. The Hall–Kier alpha value is -2.69. The average Bonchev–Trinajstić information content (AvgIpc) is 2.89. The summed E-state index contributed by atoms with van der Waals surface area (Å²) in [4.78, 5) is 25.9. The number of carbonyl (C=O) groups is 2. The Balaban J connectivity index is 1.76. The molecule has 1 atom stereocenters. The van der Waals surface area contributed by atoms with Gasteiger partial charge in [0.2, 0.25) is 0 Å². The first-order chi connectivity index (χ1) is 11.5. The number of ether oxygens (including phenoxy) is 1. The zero-order chi connectivity index (χ0) is 17.3. The number of anilines is 1. The fraction of sp³-hybridized carbons (Fsp3) is 0.263. The maximum atomic E-state index is 13.3. The fourth-order valence-electron chi connectivity index (χ4n) is 3.06. The summed E-state index contributed by atoms with van der Waals surface area (Å²) in [6.45, 7) is 3.11. The van der Waals surface area contributed by atoms with Crippen LogP contribution in [0.25, 0.3) is 0 Å². The lowest BCUT2D eigenvalue weighted by Gasteiger charge is -2.23. The normalized spacial score (nSPS) is 16.0. The Kier molecular flexibility index (Phi) is 4.34.